The van der Waals surface area contributed by atoms with Gasteiger partial charge in [0.1, 0.15) is 12.4 Å². The highest BCUT2D eigenvalue weighted by Crippen LogP contribution is 2.11. The molecule has 0 bridgehead atoms. The monoisotopic (exact) mass is 293 g/mol. The molecule has 0 radical (unpaired) electrons. The first-order chi connectivity index (χ1) is 10.1. The molecule has 0 aliphatic heterocycles. The predicted octanol–water partition coefficient (Wildman–Crippen LogP) is 1.30. The SMILES string of the molecule is Cc1nn(C)c(C)c1CNCC(O)COCc1ccco1. The van der Waals surface area contributed by atoms with Crippen LogP contribution in [0.5, 0.6) is 0 Å². The fourth-order valence-corrected chi connectivity index (χ4v) is 2.19. The number of nitrogens with zero attached hydrogens (tertiary/aromatic N) is 2. The molecule has 2 aromatic rings. The molecule has 1 unspecified atom stereocenters. The molecule has 0 saturated heterocycles. The van der Waals surface area contributed by atoms with Crippen molar-refractivity contribution >= 4 is 0 Å². The first-order valence-electron chi connectivity index (χ1n) is 7.06. The summed E-state index contributed by atoms with van der Waals surface area (Å²) in [5, 5.41) is 17.5. The lowest BCUT2D eigenvalue weighted by atomic mass is 10.2. The van der Waals surface area contributed by atoms with Gasteiger partial charge in [-0.3, -0.25) is 4.68 Å². The van der Waals surface area contributed by atoms with Gasteiger partial charge >= 0.3 is 0 Å². The third kappa shape index (κ3) is 4.42. The molecule has 2 rings (SSSR count). The lowest BCUT2D eigenvalue weighted by molar-refractivity contribution is 0.0225. The van der Waals surface area contributed by atoms with Crippen molar-refractivity contribution in [2.24, 2.45) is 7.05 Å². The van der Waals surface area contributed by atoms with Gasteiger partial charge in [-0.05, 0) is 26.0 Å². The van der Waals surface area contributed by atoms with Crippen LogP contribution in [0.1, 0.15) is 22.7 Å². The van der Waals surface area contributed by atoms with Crippen LogP contribution in [0.25, 0.3) is 0 Å². The summed E-state index contributed by atoms with van der Waals surface area (Å²) < 4.78 is 12.4. The van der Waals surface area contributed by atoms with Crippen LogP contribution < -0.4 is 5.32 Å². The molecule has 2 heterocycles. The van der Waals surface area contributed by atoms with Gasteiger partial charge in [-0.1, -0.05) is 0 Å². The van der Waals surface area contributed by atoms with Crippen molar-refractivity contribution in [3.05, 3.63) is 41.1 Å². The van der Waals surface area contributed by atoms with Crippen LogP contribution in [-0.4, -0.2) is 34.1 Å². The highest BCUT2D eigenvalue weighted by Gasteiger charge is 2.10. The maximum absolute atomic E-state index is 9.86. The first-order valence-corrected chi connectivity index (χ1v) is 7.06. The maximum Gasteiger partial charge on any atom is 0.129 e. The fraction of sp³-hybridized carbons (Fsp3) is 0.533. The van der Waals surface area contributed by atoms with E-state index >= 15 is 0 Å². The number of hydrogen-bond donors (Lipinski definition) is 2. The summed E-state index contributed by atoms with van der Waals surface area (Å²) in [5.74, 6) is 0.761. The van der Waals surface area contributed by atoms with Crippen LogP contribution in [0.2, 0.25) is 0 Å². The van der Waals surface area contributed by atoms with E-state index in [1.165, 1.54) is 5.56 Å². The molecule has 6 heteroatoms. The van der Waals surface area contributed by atoms with E-state index in [2.05, 4.69) is 10.4 Å². The number of aromatic nitrogens is 2. The van der Waals surface area contributed by atoms with E-state index in [9.17, 15) is 5.11 Å². The Morgan fingerprint density at radius 1 is 1.48 bits per heavy atom. The highest BCUT2D eigenvalue weighted by atomic mass is 16.5. The molecule has 0 aromatic carbocycles. The second-order valence-corrected chi connectivity index (χ2v) is 5.15. The summed E-state index contributed by atoms with van der Waals surface area (Å²) in [6, 6.07) is 3.66. The van der Waals surface area contributed by atoms with E-state index in [0.717, 1.165) is 17.1 Å². The zero-order valence-corrected chi connectivity index (χ0v) is 12.8. The minimum Gasteiger partial charge on any atom is -0.467 e. The molecule has 0 amide bonds. The van der Waals surface area contributed by atoms with Gasteiger partial charge in [0.05, 0.1) is 24.7 Å². The van der Waals surface area contributed by atoms with Gasteiger partial charge in [-0.2, -0.15) is 5.10 Å². The Labute approximate surface area is 124 Å². The second-order valence-electron chi connectivity index (χ2n) is 5.15. The molecule has 116 valence electrons. The van der Waals surface area contributed by atoms with E-state index in [4.69, 9.17) is 9.15 Å². The molecule has 21 heavy (non-hydrogen) atoms. The van der Waals surface area contributed by atoms with E-state index in [-0.39, 0.29) is 6.61 Å². The van der Waals surface area contributed by atoms with E-state index in [1.807, 2.05) is 37.7 Å². The molecule has 0 fully saturated rings. The van der Waals surface area contributed by atoms with Gasteiger partial charge in [0.15, 0.2) is 0 Å². The Hall–Kier alpha value is -1.63. The van der Waals surface area contributed by atoms with Gasteiger partial charge < -0.3 is 19.6 Å². The Kier molecular flexibility index (Phi) is 5.55. The smallest absolute Gasteiger partial charge is 0.129 e. The summed E-state index contributed by atoms with van der Waals surface area (Å²) in [6.07, 6.45) is 1.06. The predicted molar refractivity (Wildman–Crippen MR) is 78.8 cm³/mol. The van der Waals surface area contributed by atoms with Crippen molar-refractivity contribution in [3.8, 4) is 0 Å². The number of aryl methyl sites for hydroxylation is 2. The second kappa shape index (κ2) is 7.40. The Morgan fingerprint density at radius 2 is 2.29 bits per heavy atom. The largest absolute Gasteiger partial charge is 0.467 e. The summed E-state index contributed by atoms with van der Waals surface area (Å²) in [7, 11) is 1.93. The van der Waals surface area contributed by atoms with E-state index < -0.39 is 6.10 Å². The van der Waals surface area contributed by atoms with Crippen LogP contribution in [0.3, 0.4) is 0 Å². The molecular weight excluding hydrogens is 270 g/mol. The van der Waals surface area contributed by atoms with Crippen molar-refractivity contribution < 1.29 is 14.3 Å². The van der Waals surface area contributed by atoms with Crippen LogP contribution >= 0.6 is 0 Å². The standard InChI is InChI=1S/C15H23N3O3/c1-11-15(12(2)18(3)17-11)8-16-7-13(19)9-20-10-14-5-4-6-21-14/h4-6,13,16,19H,7-10H2,1-3H3. The molecule has 0 saturated carbocycles. The van der Waals surface area contributed by atoms with Crippen LogP contribution in [0.15, 0.2) is 22.8 Å². The topological polar surface area (TPSA) is 72.5 Å². The lowest BCUT2D eigenvalue weighted by Gasteiger charge is -2.12. The van der Waals surface area contributed by atoms with E-state index in [0.29, 0.717) is 19.7 Å². The highest BCUT2D eigenvalue weighted by molar-refractivity contribution is 5.23. The summed E-state index contributed by atoms with van der Waals surface area (Å²) in [4.78, 5) is 0. The fourth-order valence-electron chi connectivity index (χ4n) is 2.19. The molecular formula is C15H23N3O3. The zero-order valence-electron chi connectivity index (χ0n) is 12.8. The average Bonchev–Trinajstić information content (AvgIpc) is 3.03. The van der Waals surface area contributed by atoms with E-state index in [1.54, 1.807) is 6.26 Å². The summed E-state index contributed by atoms with van der Waals surface area (Å²) in [6.45, 7) is 5.86. The van der Waals surface area contributed by atoms with Gasteiger partial charge in [-0.25, -0.2) is 0 Å². The van der Waals surface area contributed by atoms with Gasteiger partial charge in [-0.15, -0.1) is 0 Å². The van der Waals surface area contributed by atoms with Crippen molar-refractivity contribution in [3.63, 3.8) is 0 Å². The maximum atomic E-state index is 9.86. The zero-order chi connectivity index (χ0) is 15.2. The lowest BCUT2D eigenvalue weighted by Crippen LogP contribution is -2.30. The van der Waals surface area contributed by atoms with Crippen LogP contribution in [-0.2, 0) is 24.9 Å². The molecule has 6 nitrogen and oxygen atoms in total. The third-order valence-electron chi connectivity index (χ3n) is 3.48. The summed E-state index contributed by atoms with van der Waals surface area (Å²) >= 11 is 0. The number of rotatable bonds is 8. The molecule has 0 aliphatic rings. The minimum absolute atomic E-state index is 0.276. The van der Waals surface area contributed by atoms with Gasteiger partial charge in [0.2, 0.25) is 0 Å². The van der Waals surface area contributed by atoms with Crippen LogP contribution in [0, 0.1) is 13.8 Å². The number of nitrogens with one attached hydrogen (secondary N) is 1. The first kappa shape index (κ1) is 15.8. The van der Waals surface area contributed by atoms with Crippen molar-refractivity contribution in [1.82, 2.24) is 15.1 Å². The third-order valence-corrected chi connectivity index (χ3v) is 3.48. The summed E-state index contributed by atoms with van der Waals surface area (Å²) in [5.41, 5.74) is 3.34. The quantitative estimate of drug-likeness (QED) is 0.767. The molecule has 0 aliphatic carbocycles. The van der Waals surface area contributed by atoms with Crippen molar-refractivity contribution in [1.29, 1.82) is 0 Å². The normalized spacial score (nSPS) is 12.8. The number of furan rings is 1. The number of hydrogen-bond acceptors (Lipinski definition) is 5. The molecule has 2 N–H and O–H groups in total. The molecule has 0 spiro atoms. The van der Waals surface area contributed by atoms with Crippen molar-refractivity contribution in [2.75, 3.05) is 13.2 Å². The van der Waals surface area contributed by atoms with Crippen molar-refractivity contribution in [2.45, 2.75) is 33.1 Å². The minimum atomic E-state index is -0.544. The van der Waals surface area contributed by atoms with Crippen LogP contribution in [0.4, 0.5) is 0 Å². The average molecular weight is 293 g/mol. The van der Waals surface area contributed by atoms with Gasteiger partial charge in [0.25, 0.3) is 0 Å². The number of aliphatic hydroxyl groups excluding tert-OH is 1. The Morgan fingerprint density at radius 3 is 2.90 bits per heavy atom. The molecule has 2 aromatic heterocycles. The number of ether oxygens (including phenoxy) is 1. The Balaban J connectivity index is 1.66. The van der Waals surface area contributed by atoms with Gasteiger partial charge in [0, 0.05) is 31.4 Å². The number of aliphatic hydroxyl groups is 1. The Bertz CT molecular complexity index is 549. The molecule has 1 atom stereocenters.